The lowest BCUT2D eigenvalue weighted by Gasteiger charge is -2.32. The van der Waals surface area contributed by atoms with Crippen molar-refractivity contribution >= 4 is 17.8 Å². The maximum atomic E-state index is 12.6. The highest BCUT2D eigenvalue weighted by atomic mass is 16.5. The van der Waals surface area contributed by atoms with Crippen LogP contribution in [0.3, 0.4) is 0 Å². The molecular formula is C22H32N2O5. The number of piperidine rings is 1. The summed E-state index contributed by atoms with van der Waals surface area (Å²) in [4.78, 5) is 40.2. The zero-order valence-corrected chi connectivity index (χ0v) is 17.8. The topological polar surface area (TPSA) is 76.2 Å². The van der Waals surface area contributed by atoms with E-state index < -0.39 is 0 Å². The first-order chi connectivity index (χ1) is 13.8. The van der Waals surface area contributed by atoms with Gasteiger partial charge in [-0.1, -0.05) is 12.1 Å². The first-order valence-electron chi connectivity index (χ1n) is 10.2. The number of amides is 2. The summed E-state index contributed by atoms with van der Waals surface area (Å²) >= 11 is 0. The molecule has 0 bridgehead atoms. The lowest BCUT2D eigenvalue weighted by molar-refractivity contribution is -0.152. The summed E-state index contributed by atoms with van der Waals surface area (Å²) < 4.78 is 10.7. The van der Waals surface area contributed by atoms with E-state index in [-0.39, 0.29) is 42.8 Å². The van der Waals surface area contributed by atoms with Crippen molar-refractivity contribution in [2.24, 2.45) is 5.92 Å². The van der Waals surface area contributed by atoms with Crippen LogP contribution in [0, 0.1) is 5.92 Å². The van der Waals surface area contributed by atoms with E-state index in [2.05, 4.69) is 0 Å². The molecule has 1 aliphatic heterocycles. The number of hydrogen-bond acceptors (Lipinski definition) is 5. The Labute approximate surface area is 172 Å². The third-order valence-electron chi connectivity index (χ3n) is 4.82. The molecule has 1 aliphatic rings. The van der Waals surface area contributed by atoms with Crippen LogP contribution in [0.25, 0.3) is 0 Å². The number of likely N-dealkylation sites (N-methyl/N-ethyl adjacent to an activating group) is 1. The summed E-state index contributed by atoms with van der Waals surface area (Å²) in [5.74, 6) is -0.0941. The van der Waals surface area contributed by atoms with Crippen molar-refractivity contribution in [1.82, 2.24) is 9.80 Å². The second kappa shape index (κ2) is 10.8. The summed E-state index contributed by atoms with van der Waals surface area (Å²) in [6.45, 7) is 6.96. The molecule has 0 radical (unpaired) electrons. The Morgan fingerprint density at radius 2 is 2.03 bits per heavy atom. The number of benzene rings is 1. The molecule has 2 rings (SSSR count). The van der Waals surface area contributed by atoms with Crippen LogP contribution >= 0.6 is 0 Å². The normalized spacial score (nSPS) is 16.4. The molecule has 0 aliphatic carbocycles. The second-order valence-corrected chi connectivity index (χ2v) is 7.67. The second-order valence-electron chi connectivity index (χ2n) is 7.67. The average Bonchev–Trinajstić information content (AvgIpc) is 2.68. The molecule has 1 aromatic rings. The van der Waals surface area contributed by atoms with E-state index in [9.17, 15) is 14.4 Å². The maximum Gasteiger partial charge on any atom is 0.310 e. The summed E-state index contributed by atoms with van der Waals surface area (Å²) in [5.41, 5.74) is 0.841. The Hall–Kier alpha value is -2.57. The van der Waals surface area contributed by atoms with Gasteiger partial charge in [-0.15, -0.1) is 0 Å². The Morgan fingerprint density at radius 3 is 2.72 bits per heavy atom. The lowest BCUT2D eigenvalue weighted by Crippen LogP contribution is -2.47. The molecule has 1 fully saturated rings. The maximum absolute atomic E-state index is 12.6. The highest BCUT2D eigenvalue weighted by Gasteiger charge is 2.30. The van der Waals surface area contributed by atoms with Crippen LogP contribution < -0.4 is 4.74 Å². The molecule has 0 spiro atoms. The number of nitrogens with zero attached hydrogens (tertiary/aromatic N) is 2. The van der Waals surface area contributed by atoms with Gasteiger partial charge in [0.2, 0.25) is 11.8 Å². The van der Waals surface area contributed by atoms with E-state index in [1.807, 2.05) is 38.1 Å². The van der Waals surface area contributed by atoms with Crippen LogP contribution in [0.5, 0.6) is 5.75 Å². The summed E-state index contributed by atoms with van der Waals surface area (Å²) in [6, 6.07) is 7.43. The Morgan fingerprint density at radius 1 is 1.28 bits per heavy atom. The fourth-order valence-corrected chi connectivity index (χ4v) is 3.36. The quantitative estimate of drug-likeness (QED) is 0.622. The monoisotopic (exact) mass is 404 g/mol. The van der Waals surface area contributed by atoms with Gasteiger partial charge in [-0.25, -0.2) is 0 Å². The zero-order valence-electron chi connectivity index (χ0n) is 17.8. The minimum Gasteiger partial charge on any atom is -0.491 e. The van der Waals surface area contributed by atoms with Crippen LogP contribution in [-0.4, -0.2) is 67.0 Å². The first-order valence-corrected chi connectivity index (χ1v) is 10.2. The van der Waals surface area contributed by atoms with Crippen molar-refractivity contribution in [2.45, 2.75) is 46.1 Å². The van der Waals surface area contributed by atoms with Crippen molar-refractivity contribution in [3.8, 4) is 5.75 Å². The molecule has 0 saturated carbocycles. The molecule has 0 N–H and O–H groups in total. The van der Waals surface area contributed by atoms with Gasteiger partial charge in [0.15, 0.2) is 0 Å². The predicted octanol–water partition coefficient (Wildman–Crippen LogP) is 2.28. The van der Waals surface area contributed by atoms with Gasteiger partial charge in [0.25, 0.3) is 0 Å². The van der Waals surface area contributed by atoms with Gasteiger partial charge in [0.1, 0.15) is 5.75 Å². The van der Waals surface area contributed by atoms with Gasteiger partial charge >= 0.3 is 5.97 Å². The minimum atomic E-state index is -0.280. The summed E-state index contributed by atoms with van der Waals surface area (Å²) in [7, 11) is 1.63. The molecule has 7 nitrogen and oxygen atoms in total. The molecule has 160 valence electrons. The number of carbonyl (C=O) groups is 3. The van der Waals surface area contributed by atoms with Crippen LogP contribution in [0.4, 0.5) is 0 Å². The molecule has 2 amide bonds. The minimum absolute atomic E-state index is 0.00341. The van der Waals surface area contributed by atoms with Gasteiger partial charge in [-0.3, -0.25) is 14.4 Å². The van der Waals surface area contributed by atoms with Gasteiger partial charge in [-0.05, 0) is 51.3 Å². The first kappa shape index (κ1) is 22.7. The molecule has 1 atom stereocenters. The number of rotatable bonds is 8. The largest absolute Gasteiger partial charge is 0.491 e. The van der Waals surface area contributed by atoms with E-state index in [0.717, 1.165) is 24.2 Å². The molecule has 7 heteroatoms. The summed E-state index contributed by atoms with van der Waals surface area (Å²) in [6.07, 6.45) is 1.75. The van der Waals surface area contributed by atoms with Gasteiger partial charge in [-0.2, -0.15) is 0 Å². The average molecular weight is 405 g/mol. The molecule has 1 unspecified atom stereocenters. The van der Waals surface area contributed by atoms with Crippen molar-refractivity contribution in [2.75, 3.05) is 33.3 Å². The molecule has 29 heavy (non-hydrogen) atoms. The van der Waals surface area contributed by atoms with Crippen LogP contribution in [0.2, 0.25) is 0 Å². The summed E-state index contributed by atoms with van der Waals surface area (Å²) in [5, 5.41) is 0. The Bertz CT molecular complexity index is 719. The number of ether oxygens (including phenoxy) is 2. The van der Waals surface area contributed by atoms with E-state index in [1.54, 1.807) is 18.9 Å². The molecular weight excluding hydrogens is 372 g/mol. The lowest BCUT2D eigenvalue weighted by atomic mass is 9.98. The van der Waals surface area contributed by atoms with Gasteiger partial charge < -0.3 is 19.3 Å². The Balaban J connectivity index is 1.88. The van der Waals surface area contributed by atoms with E-state index in [4.69, 9.17) is 9.47 Å². The highest BCUT2D eigenvalue weighted by Crippen LogP contribution is 2.19. The van der Waals surface area contributed by atoms with E-state index in [0.29, 0.717) is 19.7 Å². The molecule has 1 saturated heterocycles. The van der Waals surface area contributed by atoms with E-state index in [1.165, 1.54) is 4.90 Å². The zero-order chi connectivity index (χ0) is 21.4. The van der Waals surface area contributed by atoms with Crippen LogP contribution in [-0.2, 0) is 25.5 Å². The molecule has 1 aromatic carbocycles. The number of hydrogen-bond donors (Lipinski definition) is 0. The third kappa shape index (κ3) is 7.07. The van der Waals surface area contributed by atoms with Gasteiger partial charge in [0, 0.05) is 20.1 Å². The fraction of sp³-hybridized carbons (Fsp3) is 0.591. The third-order valence-corrected chi connectivity index (χ3v) is 4.82. The number of likely N-dealkylation sites (tertiary alicyclic amines) is 1. The highest BCUT2D eigenvalue weighted by molar-refractivity contribution is 5.86. The van der Waals surface area contributed by atoms with E-state index >= 15 is 0 Å². The Kier molecular flexibility index (Phi) is 8.49. The number of carbonyl (C=O) groups excluding carboxylic acids is 3. The van der Waals surface area contributed by atoms with Crippen LogP contribution in [0.1, 0.15) is 39.2 Å². The predicted molar refractivity (Wildman–Crippen MR) is 109 cm³/mol. The SMILES string of the molecule is CCOC(=O)C1CCCN(C(=O)CN(C)C(=O)Cc2cccc(OC(C)C)c2)C1. The molecule has 1 heterocycles. The van der Waals surface area contributed by atoms with Crippen molar-refractivity contribution in [3.05, 3.63) is 29.8 Å². The standard InChI is InChI=1S/C22H32N2O5/c1-5-28-22(27)18-9-7-11-24(14-18)21(26)15-23(4)20(25)13-17-8-6-10-19(12-17)29-16(2)3/h6,8,10,12,16,18H,5,7,9,11,13-15H2,1-4H3. The van der Waals surface area contributed by atoms with Crippen molar-refractivity contribution in [1.29, 1.82) is 0 Å². The van der Waals surface area contributed by atoms with Crippen LogP contribution in [0.15, 0.2) is 24.3 Å². The number of esters is 1. The van der Waals surface area contributed by atoms with Gasteiger partial charge in [0.05, 0.1) is 31.6 Å². The van der Waals surface area contributed by atoms with Crippen molar-refractivity contribution in [3.63, 3.8) is 0 Å². The molecule has 0 aromatic heterocycles. The smallest absolute Gasteiger partial charge is 0.310 e. The fourth-order valence-electron chi connectivity index (χ4n) is 3.36. The van der Waals surface area contributed by atoms with Crippen molar-refractivity contribution < 1.29 is 23.9 Å².